The molecule has 0 fully saturated rings. The van der Waals surface area contributed by atoms with Crippen LogP contribution in [0.5, 0.6) is 5.75 Å². The highest BCUT2D eigenvalue weighted by molar-refractivity contribution is 5.72. The van der Waals surface area contributed by atoms with Gasteiger partial charge in [-0.15, -0.1) is 0 Å². The lowest BCUT2D eigenvalue weighted by Gasteiger charge is -1.91. The normalized spacial score (nSPS) is 8.64. The fourth-order valence-electron chi connectivity index (χ4n) is 0.835. The fourth-order valence-corrected chi connectivity index (χ4v) is 0.835. The molecule has 0 aliphatic carbocycles. The van der Waals surface area contributed by atoms with Crippen molar-refractivity contribution in [1.82, 2.24) is 0 Å². The summed E-state index contributed by atoms with van der Waals surface area (Å²) in [6, 6.07) is 6.45. The molecule has 0 aliphatic rings. The zero-order valence-corrected chi connectivity index (χ0v) is 7.78. The number of ether oxygens (including phenoxy) is 1. The SMILES string of the molecule is COC(=O)CC#Cc1ccc(O)cc1. The van der Waals surface area contributed by atoms with Crippen molar-refractivity contribution in [3.05, 3.63) is 29.8 Å². The summed E-state index contributed by atoms with van der Waals surface area (Å²) >= 11 is 0. The molecule has 1 aromatic rings. The van der Waals surface area contributed by atoms with Gasteiger partial charge in [-0.3, -0.25) is 4.79 Å². The van der Waals surface area contributed by atoms with Gasteiger partial charge in [0.25, 0.3) is 0 Å². The number of carbonyl (C=O) groups is 1. The topological polar surface area (TPSA) is 46.5 Å². The predicted octanol–water partition coefficient (Wildman–Crippen LogP) is 1.31. The van der Waals surface area contributed by atoms with Gasteiger partial charge in [-0.25, -0.2) is 0 Å². The molecule has 0 aromatic heterocycles. The molecule has 1 rings (SSSR count). The minimum atomic E-state index is -0.351. The molecule has 3 nitrogen and oxygen atoms in total. The van der Waals surface area contributed by atoms with Gasteiger partial charge in [0.05, 0.1) is 7.11 Å². The number of benzene rings is 1. The molecule has 14 heavy (non-hydrogen) atoms. The molecule has 0 saturated heterocycles. The van der Waals surface area contributed by atoms with Gasteiger partial charge in [0, 0.05) is 5.56 Å². The summed E-state index contributed by atoms with van der Waals surface area (Å²) in [5.74, 6) is 5.29. The second-order valence-electron chi connectivity index (χ2n) is 2.60. The molecule has 0 radical (unpaired) electrons. The average Bonchev–Trinajstić information content (AvgIpc) is 2.21. The Bertz CT molecular complexity index is 368. The van der Waals surface area contributed by atoms with Crippen LogP contribution >= 0.6 is 0 Å². The first-order valence-electron chi connectivity index (χ1n) is 4.07. The zero-order valence-electron chi connectivity index (χ0n) is 7.78. The van der Waals surface area contributed by atoms with E-state index < -0.39 is 0 Å². The van der Waals surface area contributed by atoms with Crippen LogP contribution in [0.15, 0.2) is 24.3 Å². The average molecular weight is 190 g/mol. The minimum Gasteiger partial charge on any atom is -0.508 e. The van der Waals surface area contributed by atoms with Crippen molar-refractivity contribution >= 4 is 5.97 Å². The standard InChI is InChI=1S/C11H10O3/c1-14-11(13)4-2-3-9-5-7-10(12)8-6-9/h5-8,12H,4H2,1H3. The van der Waals surface area contributed by atoms with E-state index in [0.29, 0.717) is 0 Å². The Morgan fingerprint density at radius 1 is 1.43 bits per heavy atom. The Morgan fingerprint density at radius 2 is 2.07 bits per heavy atom. The highest BCUT2D eigenvalue weighted by Crippen LogP contribution is 2.08. The van der Waals surface area contributed by atoms with Crippen molar-refractivity contribution in [2.75, 3.05) is 7.11 Å². The second kappa shape index (κ2) is 4.93. The summed E-state index contributed by atoms with van der Waals surface area (Å²) in [6.45, 7) is 0. The van der Waals surface area contributed by atoms with Gasteiger partial charge >= 0.3 is 5.97 Å². The van der Waals surface area contributed by atoms with E-state index in [4.69, 9.17) is 5.11 Å². The zero-order chi connectivity index (χ0) is 10.4. The van der Waals surface area contributed by atoms with Crippen LogP contribution in [-0.4, -0.2) is 18.2 Å². The number of hydrogen-bond acceptors (Lipinski definition) is 3. The summed E-state index contributed by atoms with van der Waals surface area (Å²) in [5, 5.41) is 8.99. The van der Waals surface area contributed by atoms with Crippen molar-refractivity contribution < 1.29 is 14.6 Å². The highest BCUT2D eigenvalue weighted by atomic mass is 16.5. The van der Waals surface area contributed by atoms with Crippen LogP contribution in [0.2, 0.25) is 0 Å². The molecule has 0 amide bonds. The molecular formula is C11H10O3. The molecule has 0 atom stereocenters. The molecule has 0 saturated carbocycles. The molecule has 0 bridgehead atoms. The first kappa shape index (κ1) is 10.1. The van der Waals surface area contributed by atoms with Gasteiger partial charge in [0.1, 0.15) is 12.2 Å². The first-order valence-corrected chi connectivity index (χ1v) is 4.07. The van der Waals surface area contributed by atoms with Crippen molar-refractivity contribution in [2.24, 2.45) is 0 Å². The third kappa shape index (κ3) is 3.20. The van der Waals surface area contributed by atoms with Crippen LogP contribution in [-0.2, 0) is 9.53 Å². The lowest BCUT2D eigenvalue weighted by Crippen LogP contribution is -1.96. The number of aromatic hydroxyl groups is 1. The summed E-state index contributed by atoms with van der Waals surface area (Å²) in [5.41, 5.74) is 0.756. The van der Waals surface area contributed by atoms with E-state index in [1.54, 1.807) is 24.3 Å². The maximum atomic E-state index is 10.7. The van der Waals surface area contributed by atoms with Gasteiger partial charge < -0.3 is 9.84 Å². The van der Waals surface area contributed by atoms with Crippen molar-refractivity contribution in [3.63, 3.8) is 0 Å². The molecule has 72 valence electrons. The number of methoxy groups -OCH3 is 1. The second-order valence-corrected chi connectivity index (χ2v) is 2.60. The predicted molar refractivity (Wildman–Crippen MR) is 51.6 cm³/mol. The first-order chi connectivity index (χ1) is 6.72. The van der Waals surface area contributed by atoms with Crippen LogP contribution in [0.4, 0.5) is 0 Å². The number of phenols is 1. The molecule has 1 aromatic carbocycles. The lowest BCUT2D eigenvalue weighted by molar-refractivity contribution is -0.139. The van der Waals surface area contributed by atoms with E-state index >= 15 is 0 Å². The Morgan fingerprint density at radius 3 is 2.64 bits per heavy atom. The lowest BCUT2D eigenvalue weighted by atomic mass is 10.2. The third-order valence-corrected chi connectivity index (χ3v) is 1.56. The quantitative estimate of drug-likeness (QED) is 0.536. The number of hydrogen-bond donors (Lipinski definition) is 1. The Labute approximate surface area is 82.3 Å². The number of rotatable bonds is 1. The van der Waals surface area contributed by atoms with E-state index in [1.807, 2.05) is 0 Å². The smallest absolute Gasteiger partial charge is 0.317 e. The van der Waals surface area contributed by atoms with E-state index in [0.717, 1.165) is 5.56 Å². The summed E-state index contributed by atoms with van der Waals surface area (Å²) in [4.78, 5) is 10.7. The Kier molecular flexibility index (Phi) is 3.57. The van der Waals surface area contributed by atoms with Crippen molar-refractivity contribution in [3.8, 4) is 17.6 Å². The van der Waals surface area contributed by atoms with E-state index in [1.165, 1.54) is 7.11 Å². The van der Waals surface area contributed by atoms with E-state index in [9.17, 15) is 4.79 Å². The minimum absolute atomic E-state index is 0.0807. The van der Waals surface area contributed by atoms with Gasteiger partial charge in [0.2, 0.25) is 0 Å². The molecule has 0 spiro atoms. The molecule has 1 N–H and O–H groups in total. The summed E-state index contributed by atoms with van der Waals surface area (Å²) in [7, 11) is 1.32. The number of carbonyl (C=O) groups excluding carboxylic acids is 1. The van der Waals surface area contributed by atoms with Crippen LogP contribution in [0.3, 0.4) is 0 Å². The molecular weight excluding hydrogens is 180 g/mol. The third-order valence-electron chi connectivity index (χ3n) is 1.56. The van der Waals surface area contributed by atoms with Crippen molar-refractivity contribution in [2.45, 2.75) is 6.42 Å². The van der Waals surface area contributed by atoms with Gasteiger partial charge in [-0.05, 0) is 24.3 Å². The highest BCUT2D eigenvalue weighted by Gasteiger charge is 1.93. The molecule has 0 heterocycles. The monoisotopic (exact) mass is 190 g/mol. The Hall–Kier alpha value is -1.95. The maximum Gasteiger partial charge on any atom is 0.317 e. The number of phenolic OH excluding ortho intramolecular Hbond substituents is 1. The van der Waals surface area contributed by atoms with Crippen LogP contribution in [0.1, 0.15) is 12.0 Å². The van der Waals surface area contributed by atoms with Crippen LogP contribution in [0, 0.1) is 11.8 Å². The summed E-state index contributed by atoms with van der Waals surface area (Å²) < 4.78 is 4.43. The van der Waals surface area contributed by atoms with Gasteiger partial charge in [-0.1, -0.05) is 11.8 Å². The molecule has 0 unspecified atom stereocenters. The van der Waals surface area contributed by atoms with E-state index in [2.05, 4.69) is 16.6 Å². The van der Waals surface area contributed by atoms with Gasteiger partial charge in [0.15, 0.2) is 0 Å². The van der Waals surface area contributed by atoms with Crippen molar-refractivity contribution in [1.29, 1.82) is 0 Å². The largest absolute Gasteiger partial charge is 0.508 e. The Balaban J connectivity index is 2.59. The maximum absolute atomic E-state index is 10.7. The van der Waals surface area contributed by atoms with Crippen LogP contribution < -0.4 is 0 Å². The molecule has 0 aliphatic heterocycles. The van der Waals surface area contributed by atoms with Gasteiger partial charge in [-0.2, -0.15) is 0 Å². The summed E-state index contributed by atoms with van der Waals surface area (Å²) in [6.07, 6.45) is 0.0807. The van der Waals surface area contributed by atoms with Crippen LogP contribution in [0.25, 0.3) is 0 Å². The fraction of sp³-hybridized carbons (Fsp3) is 0.182. The number of esters is 1. The molecule has 3 heteroatoms. The van der Waals surface area contributed by atoms with E-state index in [-0.39, 0.29) is 18.1 Å².